The smallest absolute Gasteiger partial charge is 0.252 e. The van der Waals surface area contributed by atoms with Crippen LogP contribution in [-0.4, -0.2) is 29.9 Å². The Bertz CT molecular complexity index is 569. The number of carbonyl (C=O) groups excluding carboxylic acids is 3. The van der Waals surface area contributed by atoms with Gasteiger partial charge in [-0.1, -0.05) is 6.07 Å². The lowest BCUT2D eigenvalue weighted by molar-refractivity contribution is -0.134. The SMILES string of the molecule is CC(C)Oc1cccc(C(=O)NC2CCC(=O)NC2=O)c1. The van der Waals surface area contributed by atoms with Gasteiger partial charge in [-0.3, -0.25) is 19.7 Å². The van der Waals surface area contributed by atoms with E-state index in [0.29, 0.717) is 17.7 Å². The van der Waals surface area contributed by atoms with Crippen molar-refractivity contribution in [2.75, 3.05) is 0 Å². The molecule has 3 amide bonds. The minimum Gasteiger partial charge on any atom is -0.491 e. The van der Waals surface area contributed by atoms with Gasteiger partial charge in [0, 0.05) is 12.0 Å². The van der Waals surface area contributed by atoms with Crippen LogP contribution in [0.25, 0.3) is 0 Å². The maximum atomic E-state index is 12.1. The van der Waals surface area contributed by atoms with Crippen LogP contribution in [0, 0.1) is 0 Å². The topological polar surface area (TPSA) is 84.5 Å². The Hall–Kier alpha value is -2.37. The second-order valence-corrected chi connectivity index (χ2v) is 5.17. The Balaban J connectivity index is 2.03. The van der Waals surface area contributed by atoms with Gasteiger partial charge >= 0.3 is 0 Å². The summed E-state index contributed by atoms with van der Waals surface area (Å²) in [5.41, 5.74) is 0.415. The van der Waals surface area contributed by atoms with Crippen molar-refractivity contribution in [2.24, 2.45) is 0 Å². The van der Waals surface area contributed by atoms with Crippen LogP contribution in [0.15, 0.2) is 24.3 Å². The number of rotatable bonds is 4. The van der Waals surface area contributed by atoms with Crippen molar-refractivity contribution in [1.82, 2.24) is 10.6 Å². The highest BCUT2D eigenvalue weighted by atomic mass is 16.5. The Labute approximate surface area is 122 Å². The number of piperidine rings is 1. The first kappa shape index (κ1) is 15.0. The minimum absolute atomic E-state index is 0.0124. The largest absolute Gasteiger partial charge is 0.491 e. The number of ether oxygens (including phenoxy) is 1. The summed E-state index contributed by atoms with van der Waals surface area (Å²) in [6.45, 7) is 3.80. The molecular formula is C15H18N2O4. The maximum absolute atomic E-state index is 12.1. The van der Waals surface area contributed by atoms with Crippen LogP contribution in [0.3, 0.4) is 0 Å². The van der Waals surface area contributed by atoms with E-state index >= 15 is 0 Å². The van der Waals surface area contributed by atoms with Crippen molar-refractivity contribution in [3.63, 3.8) is 0 Å². The summed E-state index contributed by atoms with van der Waals surface area (Å²) in [4.78, 5) is 34.8. The summed E-state index contributed by atoms with van der Waals surface area (Å²) >= 11 is 0. The predicted molar refractivity (Wildman–Crippen MR) is 75.8 cm³/mol. The monoisotopic (exact) mass is 290 g/mol. The Morgan fingerprint density at radius 1 is 1.38 bits per heavy atom. The lowest BCUT2D eigenvalue weighted by atomic mass is 10.1. The number of hydrogen-bond donors (Lipinski definition) is 2. The van der Waals surface area contributed by atoms with Gasteiger partial charge in [0.25, 0.3) is 5.91 Å². The van der Waals surface area contributed by atoms with Crippen molar-refractivity contribution in [2.45, 2.75) is 38.8 Å². The molecular weight excluding hydrogens is 272 g/mol. The van der Waals surface area contributed by atoms with E-state index in [9.17, 15) is 14.4 Å². The van der Waals surface area contributed by atoms with Gasteiger partial charge in [-0.15, -0.1) is 0 Å². The van der Waals surface area contributed by atoms with Crippen molar-refractivity contribution in [1.29, 1.82) is 0 Å². The Morgan fingerprint density at radius 2 is 2.14 bits per heavy atom. The van der Waals surface area contributed by atoms with Gasteiger partial charge < -0.3 is 10.1 Å². The minimum atomic E-state index is -0.676. The second kappa shape index (κ2) is 6.39. The Kier molecular flexibility index (Phi) is 4.57. The third-order valence-corrected chi connectivity index (χ3v) is 3.01. The quantitative estimate of drug-likeness (QED) is 0.810. The first-order chi connectivity index (χ1) is 9.95. The second-order valence-electron chi connectivity index (χ2n) is 5.17. The van der Waals surface area contributed by atoms with Gasteiger partial charge in [-0.2, -0.15) is 0 Å². The third-order valence-electron chi connectivity index (χ3n) is 3.01. The van der Waals surface area contributed by atoms with Crippen LogP contribution in [-0.2, 0) is 9.59 Å². The highest BCUT2D eigenvalue weighted by Crippen LogP contribution is 2.15. The molecule has 1 unspecified atom stereocenters. The van der Waals surface area contributed by atoms with E-state index in [4.69, 9.17) is 4.74 Å². The molecule has 1 fully saturated rings. The van der Waals surface area contributed by atoms with E-state index in [0.717, 1.165) is 0 Å². The number of nitrogens with one attached hydrogen (secondary N) is 2. The first-order valence-corrected chi connectivity index (χ1v) is 6.87. The van der Waals surface area contributed by atoms with Crippen LogP contribution >= 0.6 is 0 Å². The molecule has 1 saturated heterocycles. The summed E-state index contributed by atoms with van der Waals surface area (Å²) in [6, 6.07) is 6.08. The molecule has 1 aliphatic heterocycles. The standard InChI is InChI=1S/C15H18N2O4/c1-9(2)21-11-5-3-4-10(8-11)14(19)16-12-6-7-13(18)17-15(12)20/h3-5,8-9,12H,6-7H2,1-2H3,(H,16,19)(H,17,18,20). The van der Waals surface area contributed by atoms with Crippen molar-refractivity contribution < 1.29 is 19.1 Å². The molecule has 1 aromatic rings. The molecule has 6 nitrogen and oxygen atoms in total. The van der Waals surface area contributed by atoms with Gasteiger partial charge in [-0.25, -0.2) is 0 Å². The predicted octanol–water partition coefficient (Wildman–Crippen LogP) is 1.01. The van der Waals surface area contributed by atoms with Crippen LogP contribution in [0.1, 0.15) is 37.0 Å². The zero-order valence-electron chi connectivity index (χ0n) is 12.0. The van der Waals surface area contributed by atoms with Crippen molar-refractivity contribution in [3.05, 3.63) is 29.8 Å². The van der Waals surface area contributed by atoms with Crippen LogP contribution in [0.5, 0.6) is 5.75 Å². The molecule has 2 rings (SSSR count). The fourth-order valence-corrected chi connectivity index (χ4v) is 2.06. The average molecular weight is 290 g/mol. The third kappa shape index (κ3) is 4.05. The number of carbonyl (C=O) groups is 3. The van der Waals surface area contributed by atoms with Gasteiger partial charge in [0.15, 0.2) is 0 Å². The number of imide groups is 1. The van der Waals surface area contributed by atoms with E-state index in [2.05, 4.69) is 10.6 Å². The molecule has 112 valence electrons. The highest BCUT2D eigenvalue weighted by Gasteiger charge is 2.28. The highest BCUT2D eigenvalue weighted by molar-refractivity contribution is 6.03. The first-order valence-electron chi connectivity index (χ1n) is 6.87. The van der Waals surface area contributed by atoms with Crippen LogP contribution < -0.4 is 15.4 Å². The molecule has 0 aromatic heterocycles. The summed E-state index contributed by atoms with van der Waals surface area (Å²) in [6.07, 6.45) is 0.560. The molecule has 1 heterocycles. The normalized spacial score (nSPS) is 18.3. The summed E-state index contributed by atoms with van der Waals surface area (Å²) in [5, 5.41) is 4.83. The van der Waals surface area contributed by atoms with E-state index in [1.165, 1.54) is 0 Å². The maximum Gasteiger partial charge on any atom is 0.252 e. The molecule has 0 bridgehead atoms. The van der Waals surface area contributed by atoms with E-state index in [-0.39, 0.29) is 24.3 Å². The molecule has 1 aliphatic rings. The van der Waals surface area contributed by atoms with Gasteiger partial charge in [-0.05, 0) is 38.5 Å². The van der Waals surface area contributed by atoms with Crippen molar-refractivity contribution >= 4 is 17.7 Å². The van der Waals surface area contributed by atoms with Gasteiger partial charge in [0.1, 0.15) is 11.8 Å². The summed E-state index contributed by atoms with van der Waals surface area (Å²) in [7, 11) is 0. The Morgan fingerprint density at radius 3 is 2.81 bits per heavy atom. The molecule has 0 radical (unpaired) electrons. The molecule has 0 saturated carbocycles. The number of hydrogen-bond acceptors (Lipinski definition) is 4. The zero-order chi connectivity index (χ0) is 15.4. The molecule has 1 aromatic carbocycles. The van der Waals surface area contributed by atoms with E-state index in [1.54, 1.807) is 24.3 Å². The summed E-state index contributed by atoms with van der Waals surface area (Å²) in [5.74, 6) is -0.536. The van der Waals surface area contributed by atoms with Crippen LogP contribution in [0.4, 0.5) is 0 Å². The van der Waals surface area contributed by atoms with Crippen molar-refractivity contribution in [3.8, 4) is 5.75 Å². The number of benzene rings is 1. The molecule has 1 atom stereocenters. The number of amides is 3. The zero-order valence-corrected chi connectivity index (χ0v) is 12.0. The van der Waals surface area contributed by atoms with E-state index in [1.807, 2.05) is 13.8 Å². The molecule has 0 spiro atoms. The lowest BCUT2D eigenvalue weighted by Gasteiger charge is -2.21. The van der Waals surface area contributed by atoms with E-state index < -0.39 is 11.9 Å². The molecule has 6 heteroatoms. The van der Waals surface area contributed by atoms with Gasteiger partial charge in [0.2, 0.25) is 11.8 Å². The molecule has 0 aliphatic carbocycles. The molecule has 21 heavy (non-hydrogen) atoms. The molecule has 2 N–H and O–H groups in total. The fraction of sp³-hybridized carbons (Fsp3) is 0.400. The van der Waals surface area contributed by atoms with Gasteiger partial charge in [0.05, 0.1) is 6.10 Å². The van der Waals surface area contributed by atoms with Crippen LogP contribution in [0.2, 0.25) is 0 Å². The lowest BCUT2D eigenvalue weighted by Crippen LogP contribution is -2.52. The summed E-state index contributed by atoms with van der Waals surface area (Å²) < 4.78 is 5.53. The fourth-order valence-electron chi connectivity index (χ4n) is 2.06. The average Bonchev–Trinajstić information content (AvgIpc) is 2.41.